The Kier molecular flexibility index (Phi) is 7.52. The average molecular weight is 546 g/mol. The summed E-state index contributed by atoms with van der Waals surface area (Å²) in [5.41, 5.74) is -2.64. The first-order chi connectivity index (χ1) is 17.4. The van der Waals surface area contributed by atoms with E-state index in [9.17, 15) is 32.3 Å². The highest BCUT2D eigenvalue weighted by Gasteiger charge is 2.55. The van der Waals surface area contributed by atoms with Crippen molar-refractivity contribution in [2.75, 3.05) is 13.2 Å². The molecule has 2 aromatic rings. The van der Waals surface area contributed by atoms with Gasteiger partial charge in [0.1, 0.15) is 23.0 Å². The standard InChI is InChI=1S/C24H24ClF4N3O5/c25-16-3-1-14(9-17(16)26)36-12-20(34)31-22-5-7-23(8-6-22,19(33)10-22)32-21(35)13-37-15-2-4-18(30-11-15)24(27,28)29/h1-4,9,11,19,33H,5-8,10,12-13H2,(H,31,34)(H,32,35). The molecule has 0 spiro atoms. The van der Waals surface area contributed by atoms with Crippen LogP contribution in [0.25, 0.3) is 0 Å². The number of nitrogens with one attached hydrogen (secondary N) is 2. The molecule has 3 aliphatic carbocycles. The molecule has 0 saturated heterocycles. The third kappa shape index (κ3) is 6.24. The number of carbonyl (C=O) groups excluding carboxylic acids is 2. The molecule has 37 heavy (non-hydrogen) atoms. The van der Waals surface area contributed by atoms with Gasteiger partial charge in [-0.3, -0.25) is 9.59 Å². The molecule has 3 aliphatic rings. The van der Waals surface area contributed by atoms with Crippen molar-refractivity contribution in [1.29, 1.82) is 0 Å². The molecule has 1 aromatic carbocycles. The van der Waals surface area contributed by atoms with Gasteiger partial charge < -0.3 is 25.2 Å². The summed E-state index contributed by atoms with van der Waals surface area (Å²) in [5, 5.41) is 16.5. The summed E-state index contributed by atoms with van der Waals surface area (Å²) < 4.78 is 61.9. The van der Waals surface area contributed by atoms with Gasteiger partial charge in [-0.05, 0) is 56.4 Å². The van der Waals surface area contributed by atoms with Crippen LogP contribution in [0.4, 0.5) is 17.6 Å². The molecule has 3 N–H and O–H groups in total. The van der Waals surface area contributed by atoms with Crippen LogP contribution < -0.4 is 20.1 Å². The molecule has 3 saturated carbocycles. The number of fused-ring (bicyclic) bond motifs is 3. The van der Waals surface area contributed by atoms with Gasteiger partial charge in [0.2, 0.25) is 0 Å². The number of aliphatic hydroxyl groups excluding tert-OH is 1. The van der Waals surface area contributed by atoms with Gasteiger partial charge in [-0.1, -0.05) is 11.6 Å². The van der Waals surface area contributed by atoms with Crippen molar-refractivity contribution in [3.8, 4) is 11.5 Å². The van der Waals surface area contributed by atoms with Crippen molar-refractivity contribution in [2.24, 2.45) is 0 Å². The summed E-state index contributed by atoms with van der Waals surface area (Å²) in [6.45, 7) is -0.817. The van der Waals surface area contributed by atoms with Crippen LogP contribution in [0.5, 0.6) is 11.5 Å². The number of carbonyl (C=O) groups is 2. The number of aliphatic hydroxyl groups is 1. The summed E-state index contributed by atoms with van der Waals surface area (Å²) in [6.07, 6.45) is -2.66. The van der Waals surface area contributed by atoms with Gasteiger partial charge in [-0.15, -0.1) is 0 Å². The van der Waals surface area contributed by atoms with Gasteiger partial charge in [0.05, 0.1) is 22.9 Å². The predicted molar refractivity (Wildman–Crippen MR) is 122 cm³/mol. The van der Waals surface area contributed by atoms with Crippen LogP contribution in [0.3, 0.4) is 0 Å². The SMILES string of the molecule is O=C(COc1ccc(Cl)c(F)c1)NC12CCC(NC(=O)COc3ccc(C(F)(F)F)nc3)(CC1)C(O)C2. The number of ether oxygens (including phenoxy) is 2. The number of aromatic nitrogens is 1. The van der Waals surface area contributed by atoms with E-state index in [4.69, 9.17) is 21.1 Å². The van der Waals surface area contributed by atoms with Gasteiger partial charge in [0.25, 0.3) is 11.8 Å². The van der Waals surface area contributed by atoms with E-state index < -0.39 is 53.3 Å². The van der Waals surface area contributed by atoms with Gasteiger partial charge in [0, 0.05) is 11.6 Å². The summed E-state index contributed by atoms with van der Waals surface area (Å²) in [6, 6.07) is 5.66. The Bertz CT molecular complexity index is 1150. The lowest BCUT2D eigenvalue weighted by molar-refractivity contribution is -0.141. The third-order valence-electron chi connectivity index (χ3n) is 6.77. The number of hydrogen-bond donors (Lipinski definition) is 3. The summed E-state index contributed by atoms with van der Waals surface area (Å²) in [7, 11) is 0. The van der Waals surface area contributed by atoms with E-state index in [0.29, 0.717) is 25.7 Å². The fraction of sp³-hybridized carbons (Fsp3) is 0.458. The molecule has 13 heteroatoms. The van der Waals surface area contributed by atoms with Crippen molar-refractivity contribution in [3.05, 3.63) is 53.1 Å². The van der Waals surface area contributed by atoms with Crippen molar-refractivity contribution in [1.82, 2.24) is 15.6 Å². The Labute approximate surface area is 214 Å². The van der Waals surface area contributed by atoms with Gasteiger partial charge in [-0.25, -0.2) is 9.37 Å². The second-order valence-electron chi connectivity index (χ2n) is 9.28. The molecular formula is C24H24ClF4N3O5. The van der Waals surface area contributed by atoms with Gasteiger partial charge in [0.15, 0.2) is 13.2 Å². The molecule has 1 unspecified atom stereocenters. The highest BCUT2D eigenvalue weighted by molar-refractivity contribution is 6.30. The molecule has 3 fully saturated rings. The number of hydrogen-bond acceptors (Lipinski definition) is 6. The Balaban J connectivity index is 1.26. The van der Waals surface area contributed by atoms with Crippen LogP contribution >= 0.6 is 11.6 Å². The first-order valence-corrected chi connectivity index (χ1v) is 11.8. The molecule has 2 bridgehead atoms. The molecule has 200 valence electrons. The summed E-state index contributed by atoms with van der Waals surface area (Å²) in [4.78, 5) is 28.3. The monoisotopic (exact) mass is 545 g/mol. The number of halogens is 5. The first-order valence-electron chi connectivity index (χ1n) is 11.4. The van der Waals surface area contributed by atoms with Crippen molar-refractivity contribution >= 4 is 23.4 Å². The minimum absolute atomic E-state index is 0.00114. The zero-order chi connectivity index (χ0) is 26.8. The van der Waals surface area contributed by atoms with E-state index in [1.54, 1.807) is 0 Å². The largest absolute Gasteiger partial charge is 0.484 e. The lowest BCUT2D eigenvalue weighted by atomic mass is 9.60. The highest BCUT2D eigenvalue weighted by Crippen LogP contribution is 2.47. The molecule has 1 aromatic heterocycles. The Morgan fingerprint density at radius 3 is 2.22 bits per heavy atom. The van der Waals surface area contributed by atoms with Crippen molar-refractivity contribution < 1.29 is 41.7 Å². The molecule has 5 rings (SSSR count). The zero-order valence-electron chi connectivity index (χ0n) is 19.4. The Morgan fingerprint density at radius 1 is 1.03 bits per heavy atom. The van der Waals surface area contributed by atoms with E-state index in [1.165, 1.54) is 12.1 Å². The van der Waals surface area contributed by atoms with Crippen molar-refractivity contribution in [3.63, 3.8) is 0 Å². The maximum atomic E-state index is 13.5. The molecule has 0 radical (unpaired) electrons. The van der Waals surface area contributed by atoms with E-state index in [-0.39, 0.29) is 29.5 Å². The molecule has 8 nitrogen and oxygen atoms in total. The van der Waals surface area contributed by atoms with E-state index in [0.717, 1.165) is 24.4 Å². The molecule has 2 amide bonds. The maximum Gasteiger partial charge on any atom is 0.433 e. The topological polar surface area (TPSA) is 110 Å². The lowest BCUT2D eigenvalue weighted by Crippen LogP contribution is -2.70. The minimum atomic E-state index is -4.58. The molecular weight excluding hydrogens is 522 g/mol. The number of benzene rings is 1. The number of nitrogens with zero attached hydrogens (tertiary/aromatic N) is 1. The maximum absolute atomic E-state index is 13.5. The predicted octanol–water partition coefficient (Wildman–Crippen LogP) is 3.40. The van der Waals surface area contributed by atoms with Gasteiger partial charge >= 0.3 is 6.18 Å². The van der Waals surface area contributed by atoms with E-state index >= 15 is 0 Å². The molecule has 0 aliphatic heterocycles. The number of pyridine rings is 1. The van der Waals surface area contributed by atoms with Crippen LogP contribution in [-0.2, 0) is 15.8 Å². The van der Waals surface area contributed by atoms with Crippen LogP contribution in [0, 0.1) is 5.82 Å². The van der Waals surface area contributed by atoms with E-state index in [1.807, 2.05) is 0 Å². The van der Waals surface area contributed by atoms with E-state index in [2.05, 4.69) is 15.6 Å². The van der Waals surface area contributed by atoms with Gasteiger partial charge in [-0.2, -0.15) is 13.2 Å². The number of rotatable bonds is 8. The average Bonchev–Trinajstić information content (AvgIpc) is 2.84. The number of alkyl halides is 3. The highest BCUT2D eigenvalue weighted by atomic mass is 35.5. The lowest BCUT2D eigenvalue weighted by Gasteiger charge is -2.56. The second-order valence-corrected chi connectivity index (χ2v) is 9.69. The normalized spacial score (nSPS) is 24.9. The molecule has 1 atom stereocenters. The second kappa shape index (κ2) is 10.3. The molecule has 1 heterocycles. The first kappa shape index (κ1) is 26.9. The number of amides is 2. The quantitative estimate of drug-likeness (QED) is 0.439. The fourth-order valence-electron chi connectivity index (χ4n) is 4.81. The minimum Gasteiger partial charge on any atom is -0.484 e. The summed E-state index contributed by atoms with van der Waals surface area (Å²) in [5.74, 6) is -1.49. The Hall–Kier alpha value is -3.12. The van der Waals surface area contributed by atoms with Crippen molar-refractivity contribution in [2.45, 2.75) is 55.5 Å². The summed E-state index contributed by atoms with van der Waals surface area (Å²) >= 11 is 5.63. The van der Waals surface area contributed by atoms with Crippen LogP contribution in [0.1, 0.15) is 37.8 Å². The Morgan fingerprint density at radius 2 is 1.65 bits per heavy atom. The smallest absolute Gasteiger partial charge is 0.433 e. The van der Waals surface area contributed by atoms with Crippen LogP contribution in [0.2, 0.25) is 5.02 Å². The van der Waals surface area contributed by atoms with Crippen LogP contribution in [0.15, 0.2) is 36.5 Å². The fourth-order valence-corrected chi connectivity index (χ4v) is 4.92. The van der Waals surface area contributed by atoms with Crippen LogP contribution in [-0.4, -0.2) is 52.3 Å². The third-order valence-corrected chi connectivity index (χ3v) is 7.08. The zero-order valence-corrected chi connectivity index (χ0v) is 20.2.